The number of β-lactam (4-membered cyclic amide) rings is 1. The maximum absolute atomic E-state index is 12.6. The summed E-state index contributed by atoms with van der Waals surface area (Å²) in [5.74, 6) is -3.48. The van der Waals surface area contributed by atoms with Gasteiger partial charge in [0.2, 0.25) is 24.1 Å². The van der Waals surface area contributed by atoms with E-state index in [1.165, 1.54) is 16.7 Å². The number of oxime groups is 1. The summed E-state index contributed by atoms with van der Waals surface area (Å²) in [7, 11) is 0. The molecule has 29 heavy (non-hydrogen) atoms. The first-order valence-electron chi connectivity index (χ1n) is 8.10. The van der Waals surface area contributed by atoms with E-state index in [-0.39, 0.29) is 23.3 Å². The third-order valence-corrected chi connectivity index (χ3v) is 6.46. The van der Waals surface area contributed by atoms with E-state index in [4.69, 9.17) is 10.8 Å². The van der Waals surface area contributed by atoms with Crippen molar-refractivity contribution < 1.29 is 34.2 Å². The summed E-state index contributed by atoms with van der Waals surface area (Å²) in [6.45, 7) is 0.803. The van der Waals surface area contributed by atoms with E-state index in [1.54, 1.807) is 6.92 Å². The lowest BCUT2D eigenvalue weighted by Crippen LogP contribution is -2.73. The Morgan fingerprint density at radius 1 is 1.45 bits per heavy atom. The molecule has 3 heterocycles. The van der Waals surface area contributed by atoms with Gasteiger partial charge in [0.1, 0.15) is 11.4 Å². The molecular weight excluding hydrogens is 428 g/mol. The number of carbonyl (C=O) groups is 4. The monoisotopic (exact) mass is 444 g/mol. The quantitative estimate of drug-likeness (QED) is 0.215. The van der Waals surface area contributed by atoms with Crippen LogP contribution in [-0.4, -0.2) is 84.3 Å². The molecule has 13 nitrogen and oxygen atoms in total. The lowest BCUT2D eigenvalue weighted by Gasteiger charge is -2.53. The van der Waals surface area contributed by atoms with E-state index in [0.717, 1.165) is 11.5 Å². The number of aromatic nitrogens is 2. The van der Waals surface area contributed by atoms with Gasteiger partial charge < -0.3 is 31.0 Å². The zero-order valence-electron chi connectivity index (χ0n) is 14.9. The fourth-order valence-electron chi connectivity index (χ4n) is 2.71. The molecule has 0 aliphatic carbocycles. The van der Waals surface area contributed by atoms with Crippen LogP contribution >= 0.6 is 23.3 Å². The molecule has 156 valence electrons. The number of anilines is 1. The van der Waals surface area contributed by atoms with Crippen molar-refractivity contribution in [2.75, 3.05) is 24.6 Å². The van der Waals surface area contributed by atoms with E-state index in [2.05, 4.69) is 24.7 Å². The molecular formula is C14H16N6O7S2. The van der Waals surface area contributed by atoms with Crippen molar-refractivity contribution in [3.63, 3.8) is 0 Å². The SMILES string of the molecule is CC1(C(=O)O)CS[C@@H]2C(NC(=O)C(=NOCC(=O)O)c3nsc(N)n3)C(=O)N2C1. The molecule has 2 aliphatic rings. The number of nitrogen functional groups attached to an aromatic ring is 1. The van der Waals surface area contributed by atoms with Crippen LogP contribution < -0.4 is 11.1 Å². The van der Waals surface area contributed by atoms with Crippen LogP contribution in [0.1, 0.15) is 12.7 Å². The normalized spacial score (nSPS) is 26.3. The number of aliphatic carboxylic acids is 2. The van der Waals surface area contributed by atoms with Gasteiger partial charge in [0.25, 0.3) is 5.91 Å². The lowest BCUT2D eigenvalue weighted by molar-refractivity contribution is -0.157. The summed E-state index contributed by atoms with van der Waals surface area (Å²) in [5.41, 5.74) is 4.01. The van der Waals surface area contributed by atoms with E-state index < -0.39 is 52.9 Å². The third-order valence-electron chi connectivity index (χ3n) is 4.25. The predicted octanol–water partition coefficient (Wildman–Crippen LogP) is -1.58. The number of nitrogens with zero attached hydrogens (tertiary/aromatic N) is 4. The minimum atomic E-state index is -1.30. The summed E-state index contributed by atoms with van der Waals surface area (Å²) in [6, 6.07) is -0.897. The summed E-state index contributed by atoms with van der Waals surface area (Å²) in [5, 5.41) is 23.6. The first-order chi connectivity index (χ1) is 13.6. The molecule has 3 rings (SSSR count). The van der Waals surface area contributed by atoms with Gasteiger partial charge in [-0.1, -0.05) is 5.16 Å². The molecule has 1 aromatic heterocycles. The molecule has 2 saturated heterocycles. The van der Waals surface area contributed by atoms with Crippen molar-refractivity contribution in [3.8, 4) is 0 Å². The van der Waals surface area contributed by atoms with Crippen molar-refractivity contribution in [1.82, 2.24) is 19.6 Å². The molecule has 2 aliphatic heterocycles. The van der Waals surface area contributed by atoms with Gasteiger partial charge in [0.15, 0.2) is 5.13 Å². The predicted molar refractivity (Wildman–Crippen MR) is 100 cm³/mol. The molecule has 0 radical (unpaired) electrons. The van der Waals surface area contributed by atoms with Crippen LogP contribution in [0.25, 0.3) is 0 Å². The highest BCUT2D eigenvalue weighted by molar-refractivity contribution is 8.00. The van der Waals surface area contributed by atoms with Gasteiger partial charge in [-0.15, -0.1) is 11.8 Å². The first kappa shape index (κ1) is 20.8. The number of nitrogens with one attached hydrogen (secondary N) is 1. The smallest absolute Gasteiger partial charge is 0.344 e. The highest BCUT2D eigenvalue weighted by Gasteiger charge is 2.56. The molecule has 15 heteroatoms. The molecule has 0 bridgehead atoms. The van der Waals surface area contributed by atoms with Gasteiger partial charge in [-0.2, -0.15) is 9.36 Å². The average Bonchev–Trinajstić information content (AvgIpc) is 3.08. The molecule has 2 unspecified atom stereocenters. The van der Waals surface area contributed by atoms with Crippen molar-refractivity contribution >= 4 is 57.9 Å². The second-order valence-electron chi connectivity index (χ2n) is 6.55. The maximum Gasteiger partial charge on any atom is 0.344 e. The number of nitrogens with two attached hydrogens (primary N) is 1. The van der Waals surface area contributed by atoms with Crippen LogP contribution in [0, 0.1) is 5.41 Å². The molecule has 0 aromatic carbocycles. The van der Waals surface area contributed by atoms with Gasteiger partial charge in [-0.05, 0) is 6.92 Å². The minimum Gasteiger partial charge on any atom is -0.481 e. The van der Waals surface area contributed by atoms with Gasteiger partial charge in [0, 0.05) is 23.8 Å². The fourth-order valence-corrected chi connectivity index (χ4v) is 4.63. The summed E-state index contributed by atoms with van der Waals surface area (Å²) < 4.78 is 3.85. The number of thioether (sulfide) groups is 1. The highest BCUT2D eigenvalue weighted by atomic mass is 32.2. The minimum absolute atomic E-state index is 0.0397. The third kappa shape index (κ3) is 4.09. The number of hydrogen-bond donors (Lipinski definition) is 4. The van der Waals surface area contributed by atoms with Crippen molar-refractivity contribution in [1.29, 1.82) is 0 Å². The summed E-state index contributed by atoms with van der Waals surface area (Å²) in [6.07, 6.45) is 0. The second kappa shape index (κ2) is 7.82. The zero-order valence-corrected chi connectivity index (χ0v) is 16.5. The average molecular weight is 444 g/mol. The second-order valence-corrected chi connectivity index (χ2v) is 8.44. The molecule has 3 atom stereocenters. The van der Waals surface area contributed by atoms with Gasteiger partial charge in [-0.25, -0.2) is 4.79 Å². The molecule has 5 N–H and O–H groups in total. The fraction of sp³-hybridized carbons (Fsp3) is 0.500. The van der Waals surface area contributed by atoms with Crippen LogP contribution in [0.2, 0.25) is 0 Å². The Hall–Kier alpha value is -2.94. The lowest BCUT2D eigenvalue weighted by atomic mass is 9.89. The highest BCUT2D eigenvalue weighted by Crippen LogP contribution is 2.41. The van der Waals surface area contributed by atoms with Crippen LogP contribution in [0.3, 0.4) is 0 Å². The Morgan fingerprint density at radius 3 is 2.76 bits per heavy atom. The number of rotatable bonds is 7. The number of carboxylic acid groups (broad SMARTS) is 2. The molecule has 1 aromatic rings. The largest absolute Gasteiger partial charge is 0.481 e. The van der Waals surface area contributed by atoms with E-state index in [0.29, 0.717) is 0 Å². The van der Waals surface area contributed by atoms with Gasteiger partial charge >= 0.3 is 11.9 Å². The van der Waals surface area contributed by atoms with Crippen molar-refractivity contribution in [3.05, 3.63) is 5.82 Å². The Labute approximate surface area is 171 Å². The van der Waals surface area contributed by atoms with E-state index >= 15 is 0 Å². The number of amides is 2. The zero-order chi connectivity index (χ0) is 21.3. The number of carbonyl (C=O) groups excluding carboxylic acids is 2. The molecule has 0 spiro atoms. The van der Waals surface area contributed by atoms with Crippen LogP contribution in [0.5, 0.6) is 0 Å². The standard InChI is InChI=1S/C14H16N6O7S2/c1-14(12(25)26)3-20-10(24)7(11(20)28-4-14)16-9(23)6(18-27-2-5(21)22)8-17-13(15)29-19-8/h7,11H,2-4H2,1H3,(H,16,23)(H,21,22)(H,25,26)(H2,15,17,19)/t7?,11-,14?/m1/s1. The van der Waals surface area contributed by atoms with E-state index in [9.17, 15) is 24.3 Å². The maximum atomic E-state index is 12.6. The number of hydrogen-bond acceptors (Lipinski definition) is 11. The Bertz CT molecular complexity index is 905. The van der Waals surface area contributed by atoms with Crippen LogP contribution in [0.15, 0.2) is 5.16 Å². The topological polar surface area (TPSA) is 197 Å². The van der Waals surface area contributed by atoms with E-state index in [1.807, 2.05) is 0 Å². The molecule has 2 fully saturated rings. The Kier molecular flexibility index (Phi) is 5.61. The number of carboxylic acids is 2. The van der Waals surface area contributed by atoms with Crippen LogP contribution in [-0.2, 0) is 24.0 Å². The summed E-state index contributed by atoms with van der Waals surface area (Å²) in [4.78, 5) is 56.9. The summed E-state index contributed by atoms with van der Waals surface area (Å²) >= 11 is 2.05. The van der Waals surface area contributed by atoms with Crippen molar-refractivity contribution in [2.45, 2.75) is 18.3 Å². The number of fused-ring (bicyclic) bond motifs is 1. The van der Waals surface area contributed by atoms with Gasteiger partial charge in [-0.3, -0.25) is 14.4 Å². The van der Waals surface area contributed by atoms with Crippen molar-refractivity contribution in [2.24, 2.45) is 10.6 Å². The first-order valence-corrected chi connectivity index (χ1v) is 9.92. The molecule has 2 amide bonds. The molecule has 0 saturated carbocycles. The Balaban J connectivity index is 1.71. The Morgan fingerprint density at radius 2 is 2.17 bits per heavy atom. The van der Waals surface area contributed by atoms with Crippen LogP contribution in [0.4, 0.5) is 5.13 Å². The van der Waals surface area contributed by atoms with Gasteiger partial charge in [0.05, 0.1) is 5.41 Å².